The molecule has 0 radical (unpaired) electrons. The highest BCUT2D eigenvalue weighted by molar-refractivity contribution is 7.80. The Balaban J connectivity index is 0. The summed E-state index contributed by atoms with van der Waals surface area (Å²) >= 11 is 0. The number of benzene rings is 1. The van der Waals surface area contributed by atoms with Gasteiger partial charge in [0.05, 0.1) is 11.6 Å². The van der Waals surface area contributed by atoms with Gasteiger partial charge in [-0.15, -0.1) is 0 Å². The lowest BCUT2D eigenvalue weighted by molar-refractivity contribution is 0.378. The van der Waals surface area contributed by atoms with Crippen molar-refractivity contribution in [2.75, 3.05) is 0 Å². The topological polar surface area (TPSA) is 173 Å². The molecular weight excluding hydrogens is 290 g/mol. The second-order valence-electron chi connectivity index (χ2n) is 2.37. The van der Waals surface area contributed by atoms with Crippen LogP contribution in [-0.4, -0.2) is 35.0 Å². The van der Waals surface area contributed by atoms with E-state index in [4.69, 9.17) is 40.3 Å². The molecule has 1 rings (SSSR count). The van der Waals surface area contributed by atoms with Crippen molar-refractivity contribution in [3.63, 3.8) is 0 Å². The second-order valence-corrected chi connectivity index (χ2v) is 4.16. The Kier molecular flexibility index (Phi) is 8.91. The van der Waals surface area contributed by atoms with Gasteiger partial charge in [-0.3, -0.25) is 18.2 Å². The summed E-state index contributed by atoms with van der Waals surface area (Å²) in [5.74, 6) is 0. The molecule has 0 aliphatic carbocycles. The molecule has 0 heterocycles. The Morgan fingerprint density at radius 3 is 1.28 bits per heavy atom. The molecule has 0 aromatic heterocycles. The summed E-state index contributed by atoms with van der Waals surface area (Å²) in [6, 6.07) is 11.2. The number of nitrogens with zero attached hydrogens (tertiary/aromatic N) is 1. The zero-order chi connectivity index (χ0) is 14.8. The molecule has 0 saturated heterocycles. The third-order valence-electron chi connectivity index (χ3n) is 0.903. The Bertz CT molecular complexity index is 526. The molecule has 0 aliphatic heterocycles. The van der Waals surface area contributed by atoms with E-state index in [1.807, 2.05) is 24.3 Å². The zero-order valence-electron chi connectivity index (χ0n) is 8.57. The number of hydrogen-bond acceptors (Lipinski definition) is 5. The van der Waals surface area contributed by atoms with Crippen molar-refractivity contribution in [1.29, 1.82) is 5.26 Å². The molecule has 18 heavy (non-hydrogen) atoms. The maximum Gasteiger partial charge on any atom is 0.394 e. The van der Waals surface area contributed by atoms with Gasteiger partial charge >= 0.3 is 20.8 Å². The molecule has 0 atom stereocenters. The molecule has 102 valence electrons. The highest BCUT2D eigenvalue weighted by Gasteiger charge is 1.85. The summed E-state index contributed by atoms with van der Waals surface area (Å²) in [4.78, 5) is 0. The summed E-state index contributed by atoms with van der Waals surface area (Å²) in [6.07, 6.45) is 0. The molecule has 0 spiro atoms. The van der Waals surface area contributed by atoms with E-state index in [2.05, 4.69) is 0 Å². The molecule has 0 aliphatic rings. The lowest BCUT2D eigenvalue weighted by Gasteiger charge is -1.80. The monoisotopic (exact) mass is 299 g/mol. The van der Waals surface area contributed by atoms with E-state index in [0.29, 0.717) is 5.56 Å². The lowest BCUT2D eigenvalue weighted by Crippen LogP contribution is -1.89. The number of rotatable bonds is 0. The van der Waals surface area contributed by atoms with Gasteiger partial charge < -0.3 is 0 Å². The maximum atomic E-state index is 8.74. The number of hydrogen-bond donors (Lipinski definition) is 4. The van der Waals surface area contributed by atoms with Crippen molar-refractivity contribution < 1.29 is 35.0 Å². The van der Waals surface area contributed by atoms with Crippen molar-refractivity contribution in [2.24, 2.45) is 0 Å². The number of nitriles is 1. The molecule has 0 bridgehead atoms. The maximum absolute atomic E-state index is 8.74. The van der Waals surface area contributed by atoms with Crippen LogP contribution in [0, 0.1) is 11.3 Å². The second kappa shape index (κ2) is 8.53. The first-order valence-electron chi connectivity index (χ1n) is 3.78. The van der Waals surface area contributed by atoms with Gasteiger partial charge in [-0.05, 0) is 12.1 Å². The van der Waals surface area contributed by atoms with E-state index in [1.54, 1.807) is 12.1 Å². The van der Waals surface area contributed by atoms with Crippen LogP contribution in [0.2, 0.25) is 0 Å². The fraction of sp³-hybridized carbons (Fsp3) is 0. The van der Waals surface area contributed by atoms with E-state index in [0.717, 1.165) is 0 Å². The van der Waals surface area contributed by atoms with Gasteiger partial charge in [0.25, 0.3) is 0 Å². The largest absolute Gasteiger partial charge is 0.394 e. The van der Waals surface area contributed by atoms with Gasteiger partial charge in [0.2, 0.25) is 0 Å². The van der Waals surface area contributed by atoms with Crippen molar-refractivity contribution in [3.05, 3.63) is 35.9 Å². The first-order valence-corrected chi connectivity index (χ1v) is 6.58. The Morgan fingerprint density at radius 2 is 1.11 bits per heavy atom. The lowest BCUT2D eigenvalue weighted by atomic mass is 10.2. The highest BCUT2D eigenvalue weighted by Crippen LogP contribution is 1.93. The van der Waals surface area contributed by atoms with Crippen LogP contribution >= 0.6 is 0 Å². The molecule has 0 amide bonds. The average molecular weight is 299 g/mol. The predicted octanol–water partition coefficient (Wildman–Crippen LogP) is 0.253. The molecule has 4 N–H and O–H groups in total. The van der Waals surface area contributed by atoms with Crippen molar-refractivity contribution in [3.8, 4) is 6.07 Å². The van der Waals surface area contributed by atoms with Crippen LogP contribution in [-0.2, 0) is 20.8 Å². The van der Waals surface area contributed by atoms with Gasteiger partial charge in [-0.2, -0.15) is 22.1 Å². The smallest absolute Gasteiger partial charge is 0.264 e. The third-order valence-corrected chi connectivity index (χ3v) is 0.903. The van der Waals surface area contributed by atoms with Crippen molar-refractivity contribution in [1.82, 2.24) is 0 Å². The minimum Gasteiger partial charge on any atom is -0.264 e. The summed E-state index contributed by atoms with van der Waals surface area (Å²) in [7, 11) is -9.33. The van der Waals surface area contributed by atoms with Crippen LogP contribution in [0.4, 0.5) is 0 Å². The van der Waals surface area contributed by atoms with Crippen LogP contribution in [0.5, 0.6) is 0 Å². The van der Waals surface area contributed by atoms with Crippen molar-refractivity contribution in [2.45, 2.75) is 0 Å². The molecule has 0 fully saturated rings. The third kappa shape index (κ3) is 36.6. The fourth-order valence-corrected chi connectivity index (χ4v) is 0.513. The van der Waals surface area contributed by atoms with E-state index in [9.17, 15) is 0 Å². The molecule has 1 aromatic rings. The quantitative estimate of drug-likeness (QED) is 0.489. The molecule has 0 unspecified atom stereocenters. The van der Waals surface area contributed by atoms with Crippen LogP contribution in [0.3, 0.4) is 0 Å². The van der Waals surface area contributed by atoms with Gasteiger partial charge in [0.15, 0.2) is 0 Å². The summed E-state index contributed by atoms with van der Waals surface area (Å²) in [5.41, 5.74) is 0.715. The summed E-state index contributed by atoms with van der Waals surface area (Å²) in [5, 5.41) is 8.29. The van der Waals surface area contributed by atoms with Gasteiger partial charge in [-0.1, -0.05) is 18.2 Å². The first-order chi connectivity index (χ1) is 7.93. The minimum atomic E-state index is -4.67. The highest BCUT2D eigenvalue weighted by atomic mass is 32.3. The normalized spacial score (nSPS) is 9.94. The molecule has 9 nitrogen and oxygen atoms in total. The van der Waals surface area contributed by atoms with Crippen LogP contribution in [0.25, 0.3) is 0 Å². The van der Waals surface area contributed by atoms with Gasteiger partial charge in [-0.25, -0.2) is 0 Å². The fourth-order valence-electron chi connectivity index (χ4n) is 0.513. The first kappa shape index (κ1) is 18.8. The molecular formula is C7H9NO8S2. The summed E-state index contributed by atoms with van der Waals surface area (Å²) < 4.78 is 63.2. The van der Waals surface area contributed by atoms with Crippen LogP contribution in [0.1, 0.15) is 5.56 Å². The van der Waals surface area contributed by atoms with Crippen molar-refractivity contribution >= 4 is 20.8 Å². The average Bonchev–Trinajstić information content (AvgIpc) is 2.14. The Morgan fingerprint density at radius 1 is 0.833 bits per heavy atom. The van der Waals surface area contributed by atoms with E-state index >= 15 is 0 Å². The molecule has 0 saturated carbocycles. The Hall–Kier alpha value is -1.55. The predicted molar refractivity (Wildman–Crippen MR) is 59.5 cm³/mol. The van der Waals surface area contributed by atoms with E-state index in [1.165, 1.54) is 0 Å². The SMILES string of the molecule is N#Cc1ccccc1.O=S(=O)(O)O.O=S(=O)(O)O. The van der Waals surface area contributed by atoms with Gasteiger partial charge in [0.1, 0.15) is 0 Å². The van der Waals surface area contributed by atoms with E-state index in [-0.39, 0.29) is 0 Å². The van der Waals surface area contributed by atoms with Crippen LogP contribution in [0.15, 0.2) is 30.3 Å². The van der Waals surface area contributed by atoms with Gasteiger partial charge in [0, 0.05) is 0 Å². The molecule has 11 heteroatoms. The van der Waals surface area contributed by atoms with E-state index < -0.39 is 20.8 Å². The standard InChI is InChI=1S/C7H5N.2H2O4S/c8-6-7-4-2-1-3-5-7;2*1-5(2,3)4/h1-5H;2*(H2,1,2,3,4). The van der Waals surface area contributed by atoms with Crippen LogP contribution < -0.4 is 0 Å². The molecule has 1 aromatic carbocycles. The zero-order valence-corrected chi connectivity index (χ0v) is 10.2. The summed E-state index contributed by atoms with van der Waals surface area (Å²) in [6.45, 7) is 0. The Labute approximate surface area is 103 Å². The minimum absolute atomic E-state index is 0.715.